The van der Waals surface area contributed by atoms with Crippen molar-refractivity contribution in [3.8, 4) is 0 Å². The largest absolute Gasteiger partial charge is 0.395 e. The maximum Gasteiger partial charge on any atom is 0.0702 e. The van der Waals surface area contributed by atoms with Gasteiger partial charge in [0, 0.05) is 30.7 Å². The fraction of sp³-hybridized carbons (Fsp3) is 0.316. The van der Waals surface area contributed by atoms with Gasteiger partial charge in [-0.3, -0.25) is 9.88 Å². The second-order valence-corrected chi connectivity index (χ2v) is 6.60. The summed E-state index contributed by atoms with van der Waals surface area (Å²) >= 11 is 1.72. The summed E-state index contributed by atoms with van der Waals surface area (Å²) in [4.78, 5) is 6.90. The first kappa shape index (κ1) is 16.1. The first-order chi connectivity index (χ1) is 11.3. The Morgan fingerprint density at radius 1 is 1.17 bits per heavy atom. The lowest BCUT2D eigenvalue weighted by Crippen LogP contribution is -2.36. The molecule has 23 heavy (non-hydrogen) atoms. The molecule has 0 unspecified atom stereocenters. The fourth-order valence-corrected chi connectivity index (χ4v) is 3.53. The van der Waals surface area contributed by atoms with Gasteiger partial charge in [-0.15, -0.1) is 0 Å². The highest BCUT2D eigenvalue weighted by Gasteiger charge is 2.17. The lowest BCUT2D eigenvalue weighted by atomic mass is 10.1. The van der Waals surface area contributed by atoms with Gasteiger partial charge in [0.05, 0.1) is 12.1 Å². The van der Waals surface area contributed by atoms with E-state index in [0.717, 1.165) is 30.4 Å². The Bertz CT molecular complexity index is 738. The van der Waals surface area contributed by atoms with Gasteiger partial charge in [-0.1, -0.05) is 25.1 Å². The van der Waals surface area contributed by atoms with Gasteiger partial charge in [-0.05, 0) is 46.5 Å². The smallest absolute Gasteiger partial charge is 0.0702 e. The van der Waals surface area contributed by atoms with Crippen molar-refractivity contribution >= 4 is 22.2 Å². The molecule has 0 aliphatic carbocycles. The topological polar surface area (TPSA) is 36.4 Å². The highest BCUT2D eigenvalue weighted by molar-refractivity contribution is 7.07. The molecule has 1 atom stereocenters. The number of aliphatic hydroxyl groups excluding tert-OH is 1. The van der Waals surface area contributed by atoms with Gasteiger partial charge < -0.3 is 5.11 Å². The van der Waals surface area contributed by atoms with E-state index in [9.17, 15) is 5.11 Å². The van der Waals surface area contributed by atoms with E-state index in [-0.39, 0.29) is 12.6 Å². The number of nitrogens with zero attached hydrogens (tertiary/aromatic N) is 2. The number of pyridine rings is 1. The third kappa shape index (κ3) is 3.96. The molecule has 1 N–H and O–H groups in total. The normalized spacial score (nSPS) is 12.8. The van der Waals surface area contributed by atoms with Crippen LogP contribution in [0.5, 0.6) is 0 Å². The fourth-order valence-electron chi connectivity index (χ4n) is 2.87. The highest BCUT2D eigenvalue weighted by atomic mass is 32.1. The summed E-state index contributed by atoms with van der Waals surface area (Å²) in [5, 5.41) is 15.2. The summed E-state index contributed by atoms with van der Waals surface area (Å²) in [5.74, 6) is 0. The molecule has 0 bridgehead atoms. The predicted molar refractivity (Wildman–Crippen MR) is 96.5 cm³/mol. The van der Waals surface area contributed by atoms with Crippen molar-refractivity contribution in [3.05, 3.63) is 64.5 Å². The quantitative estimate of drug-likeness (QED) is 0.711. The van der Waals surface area contributed by atoms with Crippen LogP contribution in [0.2, 0.25) is 0 Å². The van der Waals surface area contributed by atoms with Gasteiger partial charge in [0.2, 0.25) is 0 Å². The van der Waals surface area contributed by atoms with Gasteiger partial charge in [0.1, 0.15) is 0 Å². The molecule has 120 valence electrons. The van der Waals surface area contributed by atoms with E-state index >= 15 is 0 Å². The molecule has 2 heterocycles. The molecule has 2 aromatic heterocycles. The Morgan fingerprint density at radius 3 is 2.74 bits per heavy atom. The Labute approximate surface area is 141 Å². The van der Waals surface area contributed by atoms with Crippen molar-refractivity contribution in [2.75, 3.05) is 6.61 Å². The number of hydrogen-bond acceptors (Lipinski definition) is 4. The second kappa shape index (κ2) is 7.68. The molecule has 0 fully saturated rings. The lowest BCUT2D eigenvalue weighted by molar-refractivity contribution is 0.107. The minimum atomic E-state index is 0.168. The summed E-state index contributed by atoms with van der Waals surface area (Å²) in [6.45, 7) is 3.96. The molecule has 3 aromatic rings. The van der Waals surface area contributed by atoms with Crippen LogP contribution in [0, 0.1) is 0 Å². The standard InChI is InChI=1S/C19H22N2OS/c1-2-18(13-22)21(11-15-7-8-23-14-15)12-16-9-17-5-3-4-6-19(17)20-10-16/h3-10,14,18,22H,2,11-13H2,1H3/t18-/m1/s1. The minimum absolute atomic E-state index is 0.168. The zero-order chi connectivity index (χ0) is 16.1. The average molecular weight is 326 g/mol. The SMILES string of the molecule is CC[C@H](CO)N(Cc1ccsc1)Cc1cnc2ccccc2c1. The lowest BCUT2D eigenvalue weighted by Gasteiger charge is -2.29. The van der Waals surface area contributed by atoms with Crippen LogP contribution in [-0.4, -0.2) is 27.6 Å². The van der Waals surface area contributed by atoms with Crippen LogP contribution in [0.15, 0.2) is 53.4 Å². The summed E-state index contributed by atoms with van der Waals surface area (Å²) in [6.07, 6.45) is 2.88. The number of hydrogen-bond donors (Lipinski definition) is 1. The van der Waals surface area contributed by atoms with Crippen LogP contribution < -0.4 is 0 Å². The van der Waals surface area contributed by atoms with Gasteiger partial charge in [0.15, 0.2) is 0 Å². The molecule has 4 heteroatoms. The molecular formula is C19H22N2OS. The van der Waals surface area contributed by atoms with Crippen LogP contribution >= 0.6 is 11.3 Å². The summed E-state index contributed by atoms with van der Waals surface area (Å²) in [7, 11) is 0. The number of fused-ring (bicyclic) bond motifs is 1. The Morgan fingerprint density at radius 2 is 2.00 bits per heavy atom. The molecule has 3 rings (SSSR count). The maximum atomic E-state index is 9.72. The summed E-state index contributed by atoms with van der Waals surface area (Å²) in [5.41, 5.74) is 3.51. The van der Waals surface area contributed by atoms with Gasteiger partial charge in [-0.2, -0.15) is 11.3 Å². The Balaban J connectivity index is 1.83. The van der Waals surface area contributed by atoms with Gasteiger partial charge in [0.25, 0.3) is 0 Å². The molecule has 0 aliphatic heterocycles. The van der Waals surface area contributed by atoms with Crippen LogP contribution in [0.25, 0.3) is 10.9 Å². The zero-order valence-corrected chi connectivity index (χ0v) is 14.2. The van der Waals surface area contributed by atoms with E-state index < -0.39 is 0 Å². The Kier molecular flexibility index (Phi) is 5.39. The van der Waals surface area contributed by atoms with E-state index in [2.05, 4.69) is 45.8 Å². The van der Waals surface area contributed by atoms with Crippen LogP contribution in [-0.2, 0) is 13.1 Å². The number of aromatic nitrogens is 1. The average Bonchev–Trinajstić information content (AvgIpc) is 3.09. The van der Waals surface area contributed by atoms with Crippen LogP contribution in [0.3, 0.4) is 0 Å². The molecule has 3 nitrogen and oxygen atoms in total. The van der Waals surface area contributed by atoms with E-state index in [4.69, 9.17) is 0 Å². The second-order valence-electron chi connectivity index (χ2n) is 5.82. The minimum Gasteiger partial charge on any atom is -0.395 e. The number of thiophene rings is 1. The first-order valence-corrected chi connectivity index (χ1v) is 8.94. The third-order valence-corrected chi connectivity index (χ3v) is 4.93. The van der Waals surface area contributed by atoms with E-state index in [1.165, 1.54) is 11.1 Å². The maximum absolute atomic E-state index is 9.72. The number of rotatable bonds is 7. The van der Waals surface area contributed by atoms with Crippen molar-refractivity contribution in [3.63, 3.8) is 0 Å². The highest BCUT2D eigenvalue weighted by Crippen LogP contribution is 2.19. The molecule has 0 saturated heterocycles. The predicted octanol–water partition coefficient (Wildman–Crippen LogP) is 4.07. The summed E-state index contributed by atoms with van der Waals surface area (Å²) < 4.78 is 0. The van der Waals surface area contributed by atoms with Crippen molar-refractivity contribution in [2.24, 2.45) is 0 Å². The monoisotopic (exact) mass is 326 g/mol. The first-order valence-electron chi connectivity index (χ1n) is 7.99. The molecule has 0 saturated carbocycles. The zero-order valence-electron chi connectivity index (χ0n) is 13.4. The van der Waals surface area contributed by atoms with Crippen LogP contribution in [0.1, 0.15) is 24.5 Å². The van der Waals surface area contributed by atoms with E-state index in [1.54, 1.807) is 11.3 Å². The molecule has 0 amide bonds. The number of aliphatic hydroxyl groups is 1. The van der Waals surface area contributed by atoms with Crippen LogP contribution in [0.4, 0.5) is 0 Å². The van der Waals surface area contributed by atoms with Crippen molar-refractivity contribution in [1.29, 1.82) is 0 Å². The molecule has 0 radical (unpaired) electrons. The van der Waals surface area contributed by atoms with Gasteiger partial charge in [-0.25, -0.2) is 0 Å². The van der Waals surface area contributed by atoms with E-state index in [1.807, 2.05) is 24.4 Å². The summed E-state index contributed by atoms with van der Waals surface area (Å²) in [6, 6.07) is 12.7. The molecule has 1 aromatic carbocycles. The molecule has 0 aliphatic rings. The van der Waals surface area contributed by atoms with Gasteiger partial charge >= 0.3 is 0 Å². The van der Waals surface area contributed by atoms with E-state index in [0.29, 0.717) is 0 Å². The molecular weight excluding hydrogens is 304 g/mol. The number of benzene rings is 1. The van der Waals surface area contributed by atoms with Crippen molar-refractivity contribution in [1.82, 2.24) is 9.88 Å². The Hall–Kier alpha value is -1.75. The van der Waals surface area contributed by atoms with Crippen molar-refractivity contribution < 1.29 is 5.11 Å². The number of para-hydroxylation sites is 1. The third-order valence-electron chi connectivity index (χ3n) is 4.20. The molecule has 0 spiro atoms. The van der Waals surface area contributed by atoms with Crippen molar-refractivity contribution in [2.45, 2.75) is 32.5 Å².